The number of phenols is 2. The molecule has 6 heteroatoms. The largest absolute Gasteiger partial charge is 0.507 e. The minimum absolute atomic E-state index is 0.000274. The van der Waals surface area contributed by atoms with E-state index in [-0.39, 0.29) is 42.9 Å². The van der Waals surface area contributed by atoms with E-state index in [0.29, 0.717) is 5.56 Å². The first kappa shape index (κ1) is 17.9. The van der Waals surface area contributed by atoms with Gasteiger partial charge in [-0.3, -0.25) is 4.79 Å². The third kappa shape index (κ3) is 3.41. The molecule has 0 amide bonds. The molecule has 0 unspecified atom stereocenters. The summed E-state index contributed by atoms with van der Waals surface area (Å²) in [5.74, 6) is -1.14. The Bertz CT molecular complexity index is 709. The highest BCUT2D eigenvalue weighted by Crippen LogP contribution is 2.41. The van der Waals surface area contributed by atoms with Gasteiger partial charge in [-0.2, -0.15) is 0 Å². The molecule has 0 saturated heterocycles. The minimum atomic E-state index is -1.36. The Hall–Kier alpha value is -2.41. The Labute approximate surface area is 139 Å². The summed E-state index contributed by atoms with van der Waals surface area (Å²) < 4.78 is 0. The van der Waals surface area contributed by atoms with E-state index in [1.807, 2.05) is 0 Å². The van der Waals surface area contributed by atoms with Crippen LogP contribution < -0.4 is 5.73 Å². The van der Waals surface area contributed by atoms with Crippen molar-refractivity contribution in [1.29, 1.82) is 0 Å². The van der Waals surface area contributed by atoms with E-state index in [0.717, 1.165) is 0 Å². The van der Waals surface area contributed by atoms with E-state index in [9.17, 15) is 25.2 Å². The average Bonchev–Trinajstić information content (AvgIpc) is 2.55. The van der Waals surface area contributed by atoms with Gasteiger partial charge in [-0.05, 0) is 25.0 Å². The van der Waals surface area contributed by atoms with Crippen LogP contribution in [0.4, 0.5) is 0 Å². The molecule has 0 aromatic heterocycles. The fraction of sp³-hybridized carbons (Fsp3) is 0.278. The highest BCUT2D eigenvalue weighted by Gasteiger charge is 2.34. The van der Waals surface area contributed by atoms with Crippen molar-refractivity contribution in [2.45, 2.75) is 18.4 Å². The molecule has 0 fully saturated rings. The van der Waals surface area contributed by atoms with Gasteiger partial charge in [-0.15, -0.1) is 0 Å². The molecule has 6 nitrogen and oxygen atoms in total. The van der Waals surface area contributed by atoms with E-state index < -0.39 is 17.1 Å². The zero-order valence-electron chi connectivity index (χ0n) is 13.1. The lowest BCUT2D eigenvalue weighted by atomic mass is 9.82. The summed E-state index contributed by atoms with van der Waals surface area (Å²) in [5.41, 5.74) is 5.18. The summed E-state index contributed by atoms with van der Waals surface area (Å²) in [6, 6.07) is 11.0. The SMILES string of the molecule is NC(CCO)(CCO)c1c(O)ccc(C(=O)c2ccccc2)c1O. The standard InChI is InChI=1S/C18H21NO5/c19-18(8-10-20,9-11-21)15-14(22)7-6-13(17(15)24)16(23)12-4-2-1-3-5-12/h1-7,20-22,24H,8-11,19H2. The minimum Gasteiger partial charge on any atom is -0.507 e. The fourth-order valence-corrected chi connectivity index (χ4v) is 2.77. The van der Waals surface area contributed by atoms with Crippen LogP contribution in [0.2, 0.25) is 0 Å². The maximum atomic E-state index is 12.6. The maximum absolute atomic E-state index is 12.6. The number of aliphatic hydroxyl groups excluding tert-OH is 2. The van der Waals surface area contributed by atoms with Gasteiger partial charge in [-0.1, -0.05) is 30.3 Å². The van der Waals surface area contributed by atoms with E-state index in [1.54, 1.807) is 30.3 Å². The average molecular weight is 331 g/mol. The van der Waals surface area contributed by atoms with Crippen molar-refractivity contribution in [1.82, 2.24) is 0 Å². The number of hydrogen-bond acceptors (Lipinski definition) is 6. The van der Waals surface area contributed by atoms with Crippen LogP contribution in [0, 0.1) is 0 Å². The first-order valence-corrected chi connectivity index (χ1v) is 7.60. The van der Waals surface area contributed by atoms with Gasteiger partial charge in [0.15, 0.2) is 5.78 Å². The number of ketones is 1. The van der Waals surface area contributed by atoms with Crippen LogP contribution in [0.25, 0.3) is 0 Å². The topological polar surface area (TPSA) is 124 Å². The van der Waals surface area contributed by atoms with E-state index >= 15 is 0 Å². The molecule has 0 saturated carbocycles. The molecule has 0 atom stereocenters. The van der Waals surface area contributed by atoms with Gasteiger partial charge in [0.2, 0.25) is 0 Å². The maximum Gasteiger partial charge on any atom is 0.196 e. The van der Waals surface area contributed by atoms with Crippen LogP contribution in [0.1, 0.15) is 34.3 Å². The number of rotatable bonds is 7. The number of carbonyl (C=O) groups is 1. The number of aromatic hydroxyl groups is 2. The third-order valence-electron chi connectivity index (χ3n) is 4.05. The molecule has 6 N–H and O–H groups in total. The third-order valence-corrected chi connectivity index (χ3v) is 4.05. The summed E-state index contributed by atoms with van der Waals surface area (Å²) >= 11 is 0. The van der Waals surface area contributed by atoms with Gasteiger partial charge in [0.1, 0.15) is 11.5 Å². The number of carbonyl (C=O) groups excluding carboxylic acids is 1. The smallest absolute Gasteiger partial charge is 0.196 e. The molecule has 2 aromatic carbocycles. The lowest BCUT2D eigenvalue weighted by molar-refractivity contribution is 0.103. The lowest BCUT2D eigenvalue weighted by Gasteiger charge is -2.30. The summed E-state index contributed by atoms with van der Waals surface area (Å²) in [6.07, 6.45) is 0.0231. The zero-order chi connectivity index (χ0) is 17.7. The molecule has 0 aliphatic rings. The highest BCUT2D eigenvalue weighted by atomic mass is 16.3. The molecule has 2 aromatic rings. The van der Waals surface area contributed by atoms with Crippen LogP contribution in [0.5, 0.6) is 11.5 Å². The van der Waals surface area contributed by atoms with Crippen molar-refractivity contribution in [3.8, 4) is 11.5 Å². The molecule has 24 heavy (non-hydrogen) atoms. The molecule has 0 spiro atoms. The number of aliphatic hydroxyl groups is 2. The van der Waals surface area contributed by atoms with Gasteiger partial charge in [0, 0.05) is 18.8 Å². The van der Waals surface area contributed by atoms with Gasteiger partial charge >= 0.3 is 0 Å². The Morgan fingerprint density at radius 3 is 2.08 bits per heavy atom. The second-order valence-corrected chi connectivity index (χ2v) is 5.65. The van der Waals surface area contributed by atoms with E-state index in [1.165, 1.54) is 12.1 Å². The predicted molar refractivity (Wildman–Crippen MR) is 88.9 cm³/mol. The van der Waals surface area contributed by atoms with Crippen LogP contribution in [-0.4, -0.2) is 39.4 Å². The summed E-state index contributed by atoms with van der Waals surface area (Å²) in [4.78, 5) is 12.6. The fourth-order valence-electron chi connectivity index (χ4n) is 2.77. The van der Waals surface area contributed by atoms with Crippen molar-refractivity contribution in [3.05, 3.63) is 59.2 Å². The number of phenolic OH excluding ortho intramolecular Hbond substituents is 2. The number of benzene rings is 2. The van der Waals surface area contributed by atoms with Crippen molar-refractivity contribution in [2.24, 2.45) is 5.73 Å². The molecular formula is C18H21NO5. The van der Waals surface area contributed by atoms with Crippen LogP contribution in [0.3, 0.4) is 0 Å². The van der Waals surface area contributed by atoms with Crippen molar-refractivity contribution in [3.63, 3.8) is 0 Å². The molecule has 2 rings (SSSR count). The first-order valence-electron chi connectivity index (χ1n) is 7.60. The first-order chi connectivity index (χ1) is 11.4. The molecular weight excluding hydrogens is 310 g/mol. The van der Waals surface area contributed by atoms with Crippen LogP contribution >= 0.6 is 0 Å². The van der Waals surface area contributed by atoms with Crippen molar-refractivity contribution >= 4 is 5.78 Å². The Kier molecular flexibility index (Phi) is 5.56. The van der Waals surface area contributed by atoms with Crippen molar-refractivity contribution < 1.29 is 25.2 Å². The van der Waals surface area contributed by atoms with Crippen molar-refractivity contribution in [2.75, 3.05) is 13.2 Å². The molecule has 0 aliphatic carbocycles. The zero-order valence-corrected chi connectivity index (χ0v) is 13.1. The quantitative estimate of drug-likeness (QED) is 0.486. The second-order valence-electron chi connectivity index (χ2n) is 5.65. The summed E-state index contributed by atoms with van der Waals surface area (Å²) in [7, 11) is 0. The van der Waals surface area contributed by atoms with Gasteiger partial charge < -0.3 is 26.2 Å². The highest BCUT2D eigenvalue weighted by molar-refractivity contribution is 6.11. The Morgan fingerprint density at radius 2 is 1.54 bits per heavy atom. The molecule has 0 bridgehead atoms. The van der Waals surface area contributed by atoms with Gasteiger partial charge in [0.25, 0.3) is 0 Å². The molecule has 0 heterocycles. The molecule has 128 valence electrons. The molecule has 0 aliphatic heterocycles. The van der Waals surface area contributed by atoms with E-state index in [2.05, 4.69) is 0 Å². The van der Waals surface area contributed by atoms with Crippen LogP contribution in [0.15, 0.2) is 42.5 Å². The van der Waals surface area contributed by atoms with Crippen LogP contribution in [-0.2, 0) is 5.54 Å². The number of nitrogens with two attached hydrogens (primary N) is 1. The van der Waals surface area contributed by atoms with Gasteiger partial charge in [-0.25, -0.2) is 0 Å². The van der Waals surface area contributed by atoms with Gasteiger partial charge in [0.05, 0.1) is 16.7 Å². The lowest BCUT2D eigenvalue weighted by Crippen LogP contribution is -2.39. The number of hydrogen-bond donors (Lipinski definition) is 5. The van der Waals surface area contributed by atoms with E-state index in [4.69, 9.17) is 5.73 Å². The molecule has 0 radical (unpaired) electrons. The Morgan fingerprint density at radius 1 is 0.958 bits per heavy atom. The summed E-state index contributed by atoms with van der Waals surface area (Å²) in [6.45, 7) is -0.599. The second kappa shape index (κ2) is 7.44. The summed E-state index contributed by atoms with van der Waals surface area (Å²) in [5, 5.41) is 39.2. The predicted octanol–water partition coefficient (Wildman–Crippen LogP) is 1.25. The monoisotopic (exact) mass is 331 g/mol. The normalized spacial score (nSPS) is 11.5. The Balaban J connectivity index is 2.57.